The Morgan fingerprint density at radius 3 is 1.96 bits per heavy atom. The Labute approximate surface area is 265 Å². The molecule has 10 heteroatoms. The molecule has 0 saturated carbocycles. The molecule has 45 heavy (non-hydrogen) atoms. The van der Waals surface area contributed by atoms with Crippen LogP contribution in [0, 0.1) is 5.92 Å². The second-order valence-corrected chi connectivity index (χ2v) is 12.5. The quantitative estimate of drug-likeness (QED) is 0.195. The average Bonchev–Trinajstić information content (AvgIpc) is 3.91. The number of imidazole rings is 2. The van der Waals surface area contributed by atoms with Crippen LogP contribution in [0.1, 0.15) is 70.2 Å². The largest absolute Gasteiger partial charge is 0.372 e. The molecule has 0 radical (unpaired) electrons. The molecule has 0 aliphatic carbocycles. The van der Waals surface area contributed by atoms with E-state index in [-0.39, 0.29) is 17.9 Å². The van der Waals surface area contributed by atoms with Crippen LogP contribution in [-0.2, 0) is 4.79 Å². The number of aliphatic imine (C=N–C) groups is 1. The fraction of sp³-hybridized carbons (Fsp3) is 0.429. The lowest BCUT2D eigenvalue weighted by Crippen LogP contribution is -2.46. The van der Waals surface area contributed by atoms with E-state index in [2.05, 4.69) is 84.1 Å². The molecular weight excluding hydrogens is 562 g/mol. The van der Waals surface area contributed by atoms with Gasteiger partial charge in [0.2, 0.25) is 5.91 Å². The third kappa shape index (κ3) is 7.02. The molecule has 2 fully saturated rings. The standard InChI is InChI=1S/C31H37N7O.C4H8N2/c1-19(2)28(32)31(39)38-16-4-6-27(38)30-35-18-26(37-30)23-13-9-21(10-14-23)20-7-11-22(12-8-20)25-17-34-29(36-25)24-5-3-15-33-24;1-4-5-2-3-6-4/h7-14,17-19,24,27-28,33H,3-6,15-16,32H2,1-2H3,(H,34,36)(H,35,37);2-3H2,1H3,(H,5,6)/t24-,27-,28+;/m0./s1. The molecule has 7 rings (SSSR count). The van der Waals surface area contributed by atoms with Crippen molar-refractivity contribution in [3.05, 3.63) is 72.6 Å². The van der Waals surface area contributed by atoms with E-state index in [1.807, 2.05) is 38.1 Å². The number of H-pyrrole nitrogens is 2. The predicted molar refractivity (Wildman–Crippen MR) is 179 cm³/mol. The molecule has 5 heterocycles. The average molecular weight is 608 g/mol. The normalized spacial score (nSPS) is 20.1. The first-order valence-electron chi connectivity index (χ1n) is 16.2. The Morgan fingerprint density at radius 2 is 1.44 bits per heavy atom. The number of carbonyl (C=O) groups excluding carboxylic acids is 1. The van der Waals surface area contributed by atoms with Gasteiger partial charge in [-0.15, -0.1) is 0 Å². The lowest BCUT2D eigenvalue weighted by molar-refractivity contribution is -0.134. The van der Waals surface area contributed by atoms with Crippen LogP contribution in [0.2, 0.25) is 0 Å². The number of aromatic nitrogens is 4. The summed E-state index contributed by atoms with van der Waals surface area (Å²) in [4.78, 5) is 35.1. The first kappa shape index (κ1) is 30.7. The zero-order valence-electron chi connectivity index (χ0n) is 26.5. The van der Waals surface area contributed by atoms with Gasteiger partial charge in [-0.05, 0) is 67.3 Å². The molecule has 10 nitrogen and oxygen atoms in total. The molecule has 236 valence electrons. The maximum Gasteiger partial charge on any atom is 0.240 e. The van der Waals surface area contributed by atoms with E-state index in [0.717, 1.165) is 96.6 Å². The Kier molecular flexibility index (Phi) is 9.42. The highest BCUT2D eigenvalue weighted by Gasteiger charge is 2.35. The van der Waals surface area contributed by atoms with Gasteiger partial charge >= 0.3 is 0 Å². The number of carbonyl (C=O) groups is 1. The van der Waals surface area contributed by atoms with Gasteiger partial charge in [-0.1, -0.05) is 62.4 Å². The van der Waals surface area contributed by atoms with Gasteiger partial charge in [0.25, 0.3) is 0 Å². The lowest BCUT2D eigenvalue weighted by Gasteiger charge is -2.27. The molecule has 3 aliphatic heterocycles. The summed E-state index contributed by atoms with van der Waals surface area (Å²) in [5.41, 5.74) is 12.7. The SMILES string of the molecule is CC(C)[C@@H](N)C(=O)N1CCC[C@H]1c1ncc(-c2ccc(-c3ccc(-c4cnc([C@@H]5CCCN5)[nH]4)cc3)cc2)[nH]1.CC1=NCCN1. The second kappa shape index (κ2) is 13.8. The molecule has 0 bridgehead atoms. The molecule has 2 aromatic heterocycles. The van der Waals surface area contributed by atoms with Gasteiger partial charge in [0, 0.05) is 13.1 Å². The number of likely N-dealkylation sites (tertiary alicyclic amines) is 1. The summed E-state index contributed by atoms with van der Waals surface area (Å²) in [6.45, 7) is 9.74. The van der Waals surface area contributed by atoms with Crippen LogP contribution < -0.4 is 16.4 Å². The van der Waals surface area contributed by atoms with Crippen LogP contribution in [0.4, 0.5) is 0 Å². The van der Waals surface area contributed by atoms with Crippen LogP contribution in [0.5, 0.6) is 0 Å². The topological polar surface area (TPSA) is 140 Å². The molecule has 0 spiro atoms. The summed E-state index contributed by atoms with van der Waals surface area (Å²) in [6, 6.07) is 16.9. The summed E-state index contributed by atoms with van der Waals surface area (Å²) in [7, 11) is 0. The van der Waals surface area contributed by atoms with Crippen LogP contribution in [0.3, 0.4) is 0 Å². The fourth-order valence-electron chi connectivity index (χ4n) is 6.22. The van der Waals surface area contributed by atoms with Crippen molar-refractivity contribution >= 4 is 11.7 Å². The van der Waals surface area contributed by atoms with Crippen molar-refractivity contribution in [1.82, 2.24) is 35.5 Å². The van der Waals surface area contributed by atoms with Crippen molar-refractivity contribution in [3.8, 4) is 33.6 Å². The lowest BCUT2D eigenvalue weighted by atomic mass is 10.0. The number of nitrogens with one attached hydrogen (secondary N) is 4. The van der Waals surface area contributed by atoms with E-state index in [4.69, 9.17) is 5.73 Å². The third-order valence-electron chi connectivity index (χ3n) is 9.00. The maximum atomic E-state index is 12.9. The number of amides is 1. The Bertz CT molecular complexity index is 1600. The summed E-state index contributed by atoms with van der Waals surface area (Å²) in [5.74, 6) is 3.06. The van der Waals surface area contributed by atoms with Gasteiger partial charge in [-0.3, -0.25) is 9.79 Å². The van der Waals surface area contributed by atoms with Crippen molar-refractivity contribution in [2.75, 3.05) is 26.2 Å². The minimum absolute atomic E-state index is 0.0135. The van der Waals surface area contributed by atoms with Crippen molar-refractivity contribution in [1.29, 1.82) is 0 Å². The molecular formula is C35H45N9O. The van der Waals surface area contributed by atoms with Crippen molar-refractivity contribution in [2.45, 2.75) is 64.6 Å². The molecule has 2 aromatic carbocycles. The first-order valence-corrected chi connectivity index (χ1v) is 16.2. The fourth-order valence-corrected chi connectivity index (χ4v) is 6.22. The Balaban J connectivity index is 0.000000535. The first-order chi connectivity index (χ1) is 21.9. The van der Waals surface area contributed by atoms with Crippen LogP contribution in [-0.4, -0.2) is 68.8 Å². The summed E-state index contributed by atoms with van der Waals surface area (Å²) >= 11 is 0. The second-order valence-electron chi connectivity index (χ2n) is 12.5. The van der Waals surface area contributed by atoms with Gasteiger partial charge in [-0.2, -0.15) is 0 Å². The zero-order chi connectivity index (χ0) is 31.3. The molecule has 6 N–H and O–H groups in total. The van der Waals surface area contributed by atoms with Crippen LogP contribution in [0.15, 0.2) is 65.9 Å². The monoisotopic (exact) mass is 607 g/mol. The Hall–Kier alpha value is -4.28. The van der Waals surface area contributed by atoms with Gasteiger partial charge in [0.05, 0.1) is 54.3 Å². The summed E-state index contributed by atoms with van der Waals surface area (Å²) < 4.78 is 0. The molecule has 1 amide bonds. The summed E-state index contributed by atoms with van der Waals surface area (Å²) in [5, 5.41) is 6.56. The highest BCUT2D eigenvalue weighted by atomic mass is 16.2. The number of rotatable bonds is 7. The van der Waals surface area contributed by atoms with E-state index >= 15 is 0 Å². The van der Waals surface area contributed by atoms with Gasteiger partial charge < -0.3 is 31.2 Å². The Morgan fingerprint density at radius 1 is 0.844 bits per heavy atom. The molecule has 3 atom stereocenters. The minimum Gasteiger partial charge on any atom is -0.372 e. The van der Waals surface area contributed by atoms with Crippen molar-refractivity contribution < 1.29 is 4.79 Å². The highest BCUT2D eigenvalue weighted by molar-refractivity contribution is 5.82. The maximum absolute atomic E-state index is 12.9. The van der Waals surface area contributed by atoms with Gasteiger partial charge in [-0.25, -0.2) is 9.97 Å². The molecule has 0 unspecified atom stereocenters. The number of benzene rings is 2. The number of aromatic amines is 2. The zero-order valence-corrected chi connectivity index (χ0v) is 26.5. The van der Waals surface area contributed by atoms with E-state index in [1.54, 1.807) is 0 Å². The number of nitrogens with two attached hydrogens (primary N) is 1. The highest BCUT2D eigenvalue weighted by Crippen LogP contribution is 2.33. The van der Waals surface area contributed by atoms with Crippen molar-refractivity contribution in [3.63, 3.8) is 0 Å². The molecule has 2 saturated heterocycles. The molecule has 3 aliphatic rings. The van der Waals surface area contributed by atoms with E-state index in [9.17, 15) is 4.79 Å². The number of nitrogens with zero attached hydrogens (tertiary/aromatic N) is 4. The molecule has 4 aromatic rings. The van der Waals surface area contributed by atoms with Crippen molar-refractivity contribution in [2.24, 2.45) is 16.6 Å². The van der Waals surface area contributed by atoms with E-state index in [0.29, 0.717) is 6.04 Å². The third-order valence-corrected chi connectivity index (χ3v) is 9.00. The smallest absolute Gasteiger partial charge is 0.240 e. The van der Waals surface area contributed by atoms with Crippen LogP contribution in [0.25, 0.3) is 33.6 Å². The van der Waals surface area contributed by atoms with Gasteiger partial charge in [0.15, 0.2) is 0 Å². The minimum atomic E-state index is -0.479. The van der Waals surface area contributed by atoms with E-state index in [1.165, 1.54) is 6.42 Å². The predicted octanol–water partition coefficient (Wildman–Crippen LogP) is 5.21. The van der Waals surface area contributed by atoms with E-state index < -0.39 is 6.04 Å². The summed E-state index contributed by atoms with van der Waals surface area (Å²) in [6.07, 6.45) is 7.98. The number of hydrogen-bond donors (Lipinski definition) is 5. The van der Waals surface area contributed by atoms with Crippen LogP contribution >= 0.6 is 0 Å². The van der Waals surface area contributed by atoms with Gasteiger partial charge in [0.1, 0.15) is 11.6 Å². The number of amidine groups is 1. The number of hydrogen-bond acceptors (Lipinski definition) is 7.